The normalized spacial score (nSPS) is 22.7. The van der Waals surface area contributed by atoms with Gasteiger partial charge in [0.15, 0.2) is 0 Å². The second-order valence-corrected chi connectivity index (χ2v) is 6.19. The number of nitrogens with zero attached hydrogens (tertiary/aromatic N) is 1. The van der Waals surface area contributed by atoms with Crippen molar-refractivity contribution >= 4 is 0 Å². The van der Waals surface area contributed by atoms with E-state index >= 15 is 0 Å². The molecule has 1 aliphatic heterocycles. The molecule has 19 heavy (non-hydrogen) atoms. The number of aryl methyl sites for hydroxylation is 1. The van der Waals surface area contributed by atoms with Crippen LogP contribution in [0.3, 0.4) is 0 Å². The molecule has 1 aliphatic rings. The lowest BCUT2D eigenvalue weighted by Gasteiger charge is -2.38. The standard InChI is InChI=1S/C17H28N2/c1-13(2)18-16-9-7-11-19(12-16)15(4)17-10-6-5-8-14(17)3/h5-6,8,10,13,15-16,18H,7,9,11-12H2,1-4H3. The van der Waals surface area contributed by atoms with Crippen molar-refractivity contribution in [2.45, 2.75) is 58.7 Å². The second-order valence-electron chi connectivity index (χ2n) is 6.19. The van der Waals surface area contributed by atoms with Gasteiger partial charge in [-0.05, 0) is 44.4 Å². The maximum absolute atomic E-state index is 3.69. The van der Waals surface area contributed by atoms with E-state index in [9.17, 15) is 0 Å². The molecule has 0 bridgehead atoms. The second kappa shape index (κ2) is 6.53. The van der Waals surface area contributed by atoms with Crippen LogP contribution in [-0.2, 0) is 0 Å². The summed E-state index contributed by atoms with van der Waals surface area (Å²) < 4.78 is 0. The summed E-state index contributed by atoms with van der Waals surface area (Å²) in [4.78, 5) is 2.63. The minimum absolute atomic E-state index is 0.526. The number of nitrogens with one attached hydrogen (secondary N) is 1. The summed E-state index contributed by atoms with van der Waals surface area (Å²) in [6.07, 6.45) is 2.62. The minimum Gasteiger partial charge on any atom is -0.311 e. The fourth-order valence-corrected chi connectivity index (χ4v) is 3.22. The minimum atomic E-state index is 0.526. The first-order valence-electron chi connectivity index (χ1n) is 7.63. The average Bonchev–Trinajstić information content (AvgIpc) is 2.38. The largest absolute Gasteiger partial charge is 0.311 e. The quantitative estimate of drug-likeness (QED) is 0.891. The van der Waals surface area contributed by atoms with Crippen LogP contribution >= 0.6 is 0 Å². The Labute approximate surface area is 118 Å². The molecule has 1 saturated heterocycles. The number of piperidine rings is 1. The van der Waals surface area contributed by atoms with Gasteiger partial charge in [-0.25, -0.2) is 0 Å². The lowest BCUT2D eigenvalue weighted by molar-refractivity contribution is 0.142. The number of hydrogen-bond acceptors (Lipinski definition) is 2. The third kappa shape index (κ3) is 3.80. The summed E-state index contributed by atoms with van der Waals surface area (Å²) in [5.74, 6) is 0. The number of hydrogen-bond donors (Lipinski definition) is 1. The van der Waals surface area contributed by atoms with Crippen molar-refractivity contribution < 1.29 is 0 Å². The van der Waals surface area contributed by atoms with Gasteiger partial charge in [-0.1, -0.05) is 38.1 Å². The van der Waals surface area contributed by atoms with Gasteiger partial charge in [-0.15, -0.1) is 0 Å². The molecule has 1 heterocycles. The summed E-state index contributed by atoms with van der Waals surface area (Å²) in [6.45, 7) is 11.5. The zero-order chi connectivity index (χ0) is 13.8. The molecule has 2 rings (SSSR count). The Morgan fingerprint density at radius 2 is 1.95 bits per heavy atom. The van der Waals surface area contributed by atoms with Gasteiger partial charge < -0.3 is 5.32 Å². The van der Waals surface area contributed by atoms with Crippen molar-refractivity contribution in [1.82, 2.24) is 10.2 Å². The van der Waals surface area contributed by atoms with Gasteiger partial charge >= 0.3 is 0 Å². The van der Waals surface area contributed by atoms with Gasteiger partial charge in [0.1, 0.15) is 0 Å². The summed E-state index contributed by atoms with van der Waals surface area (Å²) in [5.41, 5.74) is 2.89. The predicted octanol–water partition coefficient (Wildman–Crippen LogP) is 3.52. The molecule has 106 valence electrons. The van der Waals surface area contributed by atoms with Crippen LogP contribution < -0.4 is 5.32 Å². The molecule has 0 aromatic heterocycles. The molecule has 1 fully saturated rings. The smallest absolute Gasteiger partial charge is 0.0323 e. The number of likely N-dealkylation sites (tertiary alicyclic amines) is 1. The lowest BCUT2D eigenvalue weighted by atomic mass is 9.97. The highest BCUT2D eigenvalue weighted by atomic mass is 15.2. The Hall–Kier alpha value is -0.860. The van der Waals surface area contributed by atoms with E-state index in [1.54, 1.807) is 0 Å². The van der Waals surface area contributed by atoms with Gasteiger partial charge in [0, 0.05) is 24.7 Å². The molecule has 0 saturated carbocycles. The highest BCUT2D eigenvalue weighted by Crippen LogP contribution is 2.26. The Balaban J connectivity index is 2.03. The third-order valence-corrected chi connectivity index (χ3v) is 4.21. The van der Waals surface area contributed by atoms with Crippen LogP contribution in [0.4, 0.5) is 0 Å². The molecular formula is C17H28N2. The predicted molar refractivity (Wildman–Crippen MR) is 82.5 cm³/mol. The molecule has 2 heteroatoms. The van der Waals surface area contributed by atoms with E-state index in [-0.39, 0.29) is 0 Å². The van der Waals surface area contributed by atoms with E-state index in [2.05, 4.69) is 62.2 Å². The van der Waals surface area contributed by atoms with Gasteiger partial charge in [0.05, 0.1) is 0 Å². The van der Waals surface area contributed by atoms with Crippen LogP contribution in [0, 0.1) is 6.92 Å². The zero-order valence-electron chi connectivity index (χ0n) is 12.8. The molecular weight excluding hydrogens is 232 g/mol. The van der Waals surface area contributed by atoms with Gasteiger partial charge in [0.2, 0.25) is 0 Å². The Kier molecular flexibility index (Phi) is 5.00. The average molecular weight is 260 g/mol. The van der Waals surface area contributed by atoms with Gasteiger partial charge in [-0.3, -0.25) is 4.90 Å². The summed E-state index contributed by atoms with van der Waals surface area (Å²) in [5, 5.41) is 3.69. The van der Waals surface area contributed by atoms with E-state index in [4.69, 9.17) is 0 Å². The highest BCUT2D eigenvalue weighted by Gasteiger charge is 2.24. The fraction of sp³-hybridized carbons (Fsp3) is 0.647. The van der Waals surface area contributed by atoms with Crippen molar-refractivity contribution in [3.63, 3.8) is 0 Å². The van der Waals surface area contributed by atoms with Crippen molar-refractivity contribution in [2.24, 2.45) is 0 Å². The van der Waals surface area contributed by atoms with E-state index in [1.807, 2.05) is 0 Å². The molecule has 0 aliphatic carbocycles. The summed E-state index contributed by atoms with van der Waals surface area (Å²) >= 11 is 0. The molecule has 1 aromatic carbocycles. The van der Waals surface area contributed by atoms with Crippen LogP contribution in [0.5, 0.6) is 0 Å². The SMILES string of the molecule is Cc1ccccc1C(C)N1CCCC(NC(C)C)C1. The first-order valence-corrected chi connectivity index (χ1v) is 7.63. The van der Waals surface area contributed by atoms with Crippen LogP contribution in [0.15, 0.2) is 24.3 Å². The third-order valence-electron chi connectivity index (χ3n) is 4.21. The van der Waals surface area contributed by atoms with E-state index in [0.29, 0.717) is 18.1 Å². The van der Waals surface area contributed by atoms with E-state index < -0.39 is 0 Å². The molecule has 1 aromatic rings. The van der Waals surface area contributed by atoms with E-state index in [0.717, 1.165) is 0 Å². The zero-order valence-corrected chi connectivity index (χ0v) is 12.8. The maximum Gasteiger partial charge on any atom is 0.0323 e. The number of benzene rings is 1. The van der Waals surface area contributed by atoms with Crippen LogP contribution in [0.1, 0.15) is 50.8 Å². The van der Waals surface area contributed by atoms with Crippen molar-refractivity contribution in [2.75, 3.05) is 13.1 Å². The molecule has 0 spiro atoms. The summed E-state index contributed by atoms with van der Waals surface area (Å²) in [7, 11) is 0. The van der Waals surface area contributed by atoms with E-state index in [1.165, 1.54) is 37.1 Å². The molecule has 2 nitrogen and oxygen atoms in total. The maximum atomic E-state index is 3.69. The first kappa shape index (κ1) is 14.5. The highest BCUT2D eigenvalue weighted by molar-refractivity contribution is 5.28. The van der Waals surface area contributed by atoms with Gasteiger partial charge in [-0.2, -0.15) is 0 Å². The molecule has 1 N–H and O–H groups in total. The number of rotatable bonds is 4. The molecule has 0 radical (unpaired) electrons. The molecule has 2 atom stereocenters. The summed E-state index contributed by atoms with van der Waals surface area (Å²) in [6, 6.07) is 10.5. The van der Waals surface area contributed by atoms with Crippen LogP contribution in [-0.4, -0.2) is 30.1 Å². The molecule has 2 unspecified atom stereocenters. The Morgan fingerprint density at radius 3 is 2.63 bits per heavy atom. The first-order chi connectivity index (χ1) is 9.08. The Morgan fingerprint density at radius 1 is 1.21 bits per heavy atom. The monoisotopic (exact) mass is 260 g/mol. The topological polar surface area (TPSA) is 15.3 Å². The van der Waals surface area contributed by atoms with Gasteiger partial charge in [0.25, 0.3) is 0 Å². The van der Waals surface area contributed by atoms with Crippen LogP contribution in [0.25, 0.3) is 0 Å². The fourth-order valence-electron chi connectivity index (χ4n) is 3.22. The molecule has 0 amide bonds. The van der Waals surface area contributed by atoms with Crippen molar-refractivity contribution in [3.8, 4) is 0 Å². The Bertz CT molecular complexity index is 400. The van der Waals surface area contributed by atoms with Crippen molar-refractivity contribution in [1.29, 1.82) is 0 Å². The van der Waals surface area contributed by atoms with Crippen molar-refractivity contribution in [3.05, 3.63) is 35.4 Å². The lowest BCUT2D eigenvalue weighted by Crippen LogP contribution is -2.48. The van der Waals surface area contributed by atoms with Crippen LogP contribution in [0.2, 0.25) is 0 Å².